The zero-order valence-electron chi connectivity index (χ0n) is 18.9. The highest BCUT2D eigenvalue weighted by Crippen LogP contribution is 2.54. The van der Waals surface area contributed by atoms with Crippen LogP contribution in [0.4, 0.5) is 5.69 Å². The normalized spacial score (nSPS) is 27.3. The minimum absolute atomic E-state index is 0.153. The maximum Gasteiger partial charge on any atom is 0.303 e. The number of amides is 3. The van der Waals surface area contributed by atoms with Crippen LogP contribution in [0.2, 0.25) is 0 Å². The van der Waals surface area contributed by atoms with Gasteiger partial charge in [-0.25, -0.2) is 0 Å². The number of carboxylic acids is 1. The van der Waals surface area contributed by atoms with Gasteiger partial charge >= 0.3 is 5.97 Å². The number of nitrogens with one attached hydrogen (secondary N) is 2. The van der Waals surface area contributed by atoms with E-state index in [1.165, 1.54) is 4.90 Å². The maximum absolute atomic E-state index is 13.7. The molecule has 3 aliphatic rings. The van der Waals surface area contributed by atoms with Crippen LogP contribution in [0.5, 0.6) is 0 Å². The van der Waals surface area contributed by atoms with Gasteiger partial charge in [0, 0.05) is 30.3 Å². The van der Waals surface area contributed by atoms with E-state index in [1.54, 1.807) is 0 Å². The Labute approximate surface area is 197 Å². The molecule has 4 atom stereocenters. The molecule has 0 aliphatic carbocycles. The topological polar surface area (TPSA) is 116 Å². The van der Waals surface area contributed by atoms with E-state index in [1.807, 2.05) is 55.5 Å². The molecule has 34 heavy (non-hydrogen) atoms. The number of hydrogen-bond acceptors (Lipinski definition) is 5. The number of rotatable bonds is 7. The minimum Gasteiger partial charge on any atom is -0.481 e. The number of carbonyl (C=O) groups excluding carboxylic acids is 3. The first-order valence-electron chi connectivity index (χ1n) is 11.7. The summed E-state index contributed by atoms with van der Waals surface area (Å²) in [5.74, 6) is -3.75. The average molecular weight is 462 g/mol. The van der Waals surface area contributed by atoms with Crippen molar-refractivity contribution in [1.82, 2.24) is 10.2 Å². The molecule has 3 amide bonds. The van der Waals surface area contributed by atoms with E-state index in [0.717, 1.165) is 11.1 Å². The summed E-state index contributed by atoms with van der Waals surface area (Å²) in [6, 6.07) is 14.6. The van der Waals surface area contributed by atoms with Crippen LogP contribution in [0, 0.1) is 11.8 Å². The highest BCUT2D eigenvalue weighted by atomic mass is 16.4. The monoisotopic (exact) mass is 461 g/mol. The number of para-hydroxylation sites is 1. The molecule has 2 fully saturated rings. The number of nitrogens with zero attached hydrogens (tertiary/aromatic N) is 1. The minimum atomic E-state index is -1.39. The van der Waals surface area contributed by atoms with Crippen molar-refractivity contribution in [1.29, 1.82) is 0 Å². The SMILES string of the molecule is CCc1cccc2c1NC(=O)[C@]21N[C@@H](CCC(=O)O)[C@H]2C(=O)N(CCc3ccccc3)C(=O)[C@H]21. The first-order valence-corrected chi connectivity index (χ1v) is 11.7. The number of imide groups is 1. The fourth-order valence-corrected chi connectivity index (χ4v) is 5.88. The second-order valence-electron chi connectivity index (χ2n) is 9.21. The summed E-state index contributed by atoms with van der Waals surface area (Å²) in [7, 11) is 0. The molecule has 2 aromatic rings. The van der Waals surface area contributed by atoms with Crippen molar-refractivity contribution in [3.8, 4) is 0 Å². The van der Waals surface area contributed by atoms with Gasteiger partial charge in [0.25, 0.3) is 0 Å². The predicted molar refractivity (Wildman–Crippen MR) is 124 cm³/mol. The number of benzene rings is 2. The summed E-state index contributed by atoms with van der Waals surface area (Å²) in [6.45, 7) is 2.21. The molecular weight excluding hydrogens is 434 g/mol. The largest absolute Gasteiger partial charge is 0.481 e. The Morgan fingerprint density at radius 2 is 1.82 bits per heavy atom. The smallest absolute Gasteiger partial charge is 0.303 e. The highest BCUT2D eigenvalue weighted by Gasteiger charge is 2.70. The van der Waals surface area contributed by atoms with Gasteiger partial charge in [0.15, 0.2) is 0 Å². The van der Waals surface area contributed by atoms with E-state index in [-0.39, 0.29) is 37.1 Å². The van der Waals surface area contributed by atoms with Gasteiger partial charge in [0.05, 0.1) is 11.8 Å². The van der Waals surface area contributed by atoms with Crippen molar-refractivity contribution in [2.24, 2.45) is 11.8 Å². The van der Waals surface area contributed by atoms with Gasteiger partial charge in [-0.3, -0.25) is 29.4 Å². The summed E-state index contributed by atoms with van der Waals surface area (Å²) in [4.78, 5) is 53.4. The van der Waals surface area contributed by atoms with Gasteiger partial charge in [-0.15, -0.1) is 0 Å². The number of anilines is 1. The van der Waals surface area contributed by atoms with E-state index < -0.39 is 29.4 Å². The lowest BCUT2D eigenvalue weighted by Gasteiger charge is -2.29. The van der Waals surface area contributed by atoms with Crippen LogP contribution in [-0.4, -0.2) is 46.3 Å². The third kappa shape index (κ3) is 3.24. The Bertz CT molecular complexity index is 1180. The van der Waals surface area contributed by atoms with Crippen molar-refractivity contribution in [2.45, 2.75) is 44.2 Å². The van der Waals surface area contributed by atoms with Gasteiger partial charge in [-0.2, -0.15) is 0 Å². The molecule has 2 saturated heterocycles. The molecule has 0 radical (unpaired) electrons. The van der Waals surface area contributed by atoms with E-state index in [0.29, 0.717) is 24.1 Å². The summed E-state index contributed by atoms with van der Waals surface area (Å²) >= 11 is 0. The predicted octanol–water partition coefficient (Wildman–Crippen LogP) is 2.08. The lowest BCUT2D eigenvalue weighted by Crippen LogP contribution is -2.53. The quantitative estimate of drug-likeness (QED) is 0.544. The highest BCUT2D eigenvalue weighted by molar-refractivity contribution is 6.15. The van der Waals surface area contributed by atoms with Crippen molar-refractivity contribution < 1.29 is 24.3 Å². The van der Waals surface area contributed by atoms with Crippen LogP contribution in [0.15, 0.2) is 48.5 Å². The van der Waals surface area contributed by atoms with Gasteiger partial charge in [-0.1, -0.05) is 55.5 Å². The molecule has 8 nitrogen and oxygen atoms in total. The number of aryl methyl sites for hydroxylation is 1. The van der Waals surface area contributed by atoms with Crippen LogP contribution in [0.3, 0.4) is 0 Å². The van der Waals surface area contributed by atoms with E-state index in [9.17, 15) is 24.3 Å². The Morgan fingerprint density at radius 3 is 2.53 bits per heavy atom. The van der Waals surface area contributed by atoms with Crippen LogP contribution in [0.1, 0.15) is 36.5 Å². The van der Waals surface area contributed by atoms with Crippen LogP contribution in [-0.2, 0) is 37.6 Å². The molecule has 5 rings (SSSR count). The number of likely N-dealkylation sites (tertiary alicyclic amines) is 1. The van der Waals surface area contributed by atoms with Crippen LogP contribution in [0.25, 0.3) is 0 Å². The summed E-state index contributed by atoms with van der Waals surface area (Å²) < 4.78 is 0. The third-order valence-electron chi connectivity index (χ3n) is 7.44. The number of hydrogen-bond donors (Lipinski definition) is 3. The standard InChI is InChI=1S/C26H27N3O5/c1-2-16-9-6-10-17-22(16)27-25(34)26(17)21-20(18(28-26)11-12-19(30)31)23(32)29(24(21)33)14-13-15-7-4-3-5-8-15/h3-10,18,20-21,28H,2,11-14H2,1H3,(H,27,34)(H,30,31)/t18-,20+,21-,26-/m0/s1. The zero-order valence-corrected chi connectivity index (χ0v) is 18.9. The Morgan fingerprint density at radius 1 is 1.06 bits per heavy atom. The lowest BCUT2D eigenvalue weighted by atomic mass is 9.76. The van der Waals surface area contributed by atoms with Gasteiger partial charge < -0.3 is 10.4 Å². The van der Waals surface area contributed by atoms with Gasteiger partial charge in [0.2, 0.25) is 17.7 Å². The summed E-state index contributed by atoms with van der Waals surface area (Å²) in [5.41, 5.74) is 1.92. The summed E-state index contributed by atoms with van der Waals surface area (Å²) in [6.07, 6.45) is 1.21. The second kappa shape index (κ2) is 8.36. The molecule has 3 N–H and O–H groups in total. The van der Waals surface area contributed by atoms with Crippen LogP contribution >= 0.6 is 0 Å². The molecule has 8 heteroatoms. The fraction of sp³-hybridized carbons (Fsp3) is 0.385. The van der Waals surface area contributed by atoms with E-state index >= 15 is 0 Å². The first-order chi connectivity index (χ1) is 16.4. The lowest BCUT2D eigenvalue weighted by molar-refractivity contribution is -0.143. The fourth-order valence-electron chi connectivity index (χ4n) is 5.88. The van der Waals surface area contributed by atoms with E-state index in [4.69, 9.17) is 0 Å². The number of aliphatic carboxylic acids is 1. The summed E-state index contributed by atoms with van der Waals surface area (Å²) in [5, 5.41) is 15.5. The number of carboxylic acid groups (broad SMARTS) is 1. The zero-order chi connectivity index (χ0) is 24.0. The first kappa shape index (κ1) is 22.3. The number of fused-ring (bicyclic) bond motifs is 4. The molecular formula is C26H27N3O5. The molecule has 0 saturated carbocycles. The second-order valence-corrected chi connectivity index (χ2v) is 9.21. The van der Waals surface area contributed by atoms with Gasteiger partial charge in [0.1, 0.15) is 5.54 Å². The molecule has 0 unspecified atom stereocenters. The Hall–Kier alpha value is -3.52. The van der Waals surface area contributed by atoms with Gasteiger partial charge in [-0.05, 0) is 30.4 Å². The van der Waals surface area contributed by atoms with Crippen molar-refractivity contribution in [3.63, 3.8) is 0 Å². The molecule has 176 valence electrons. The molecule has 2 aromatic carbocycles. The molecule has 0 aromatic heterocycles. The Balaban J connectivity index is 1.54. The molecule has 3 aliphatic heterocycles. The van der Waals surface area contributed by atoms with Crippen LogP contribution < -0.4 is 10.6 Å². The number of carbonyl (C=O) groups is 4. The van der Waals surface area contributed by atoms with Crippen molar-refractivity contribution in [2.75, 3.05) is 11.9 Å². The molecule has 0 bridgehead atoms. The molecule has 1 spiro atoms. The molecule has 3 heterocycles. The third-order valence-corrected chi connectivity index (χ3v) is 7.44. The van der Waals surface area contributed by atoms with E-state index in [2.05, 4.69) is 10.6 Å². The Kier molecular flexibility index (Phi) is 5.48. The average Bonchev–Trinajstić information content (AvgIpc) is 3.41. The maximum atomic E-state index is 13.7. The van der Waals surface area contributed by atoms with Crippen molar-refractivity contribution >= 4 is 29.4 Å². The van der Waals surface area contributed by atoms with Crippen molar-refractivity contribution in [3.05, 3.63) is 65.2 Å².